The van der Waals surface area contributed by atoms with Gasteiger partial charge in [-0.05, 0) is 11.4 Å². The van der Waals surface area contributed by atoms with E-state index in [2.05, 4.69) is 10.2 Å². The van der Waals surface area contributed by atoms with Gasteiger partial charge in [-0.15, -0.1) is 21.5 Å². The van der Waals surface area contributed by atoms with Crippen LogP contribution >= 0.6 is 23.1 Å². The highest BCUT2D eigenvalue weighted by Crippen LogP contribution is 2.27. The maximum Gasteiger partial charge on any atom is 0.277 e. The number of thioether (sulfide) groups is 1. The number of thiophene rings is 1. The van der Waals surface area contributed by atoms with E-state index >= 15 is 0 Å². The molecule has 20 heavy (non-hydrogen) atoms. The fourth-order valence-corrected chi connectivity index (χ4v) is 2.72. The molecule has 0 atom stereocenters. The average Bonchev–Trinajstić information content (AvgIpc) is 3.09. The first-order chi connectivity index (χ1) is 9.72. The van der Waals surface area contributed by atoms with Crippen molar-refractivity contribution in [3.05, 3.63) is 45.8 Å². The van der Waals surface area contributed by atoms with Gasteiger partial charge in [0.15, 0.2) is 5.75 Å². The molecule has 102 valence electrons. The molecule has 0 saturated heterocycles. The summed E-state index contributed by atoms with van der Waals surface area (Å²) in [6.45, 7) is 0. The molecule has 0 bridgehead atoms. The van der Waals surface area contributed by atoms with Gasteiger partial charge in [0.1, 0.15) is 12.0 Å². The van der Waals surface area contributed by atoms with Crippen LogP contribution in [0.3, 0.4) is 0 Å². The molecule has 0 amide bonds. The van der Waals surface area contributed by atoms with Crippen molar-refractivity contribution in [3.8, 4) is 16.5 Å². The minimum absolute atomic E-state index is 0.363. The molecule has 3 rings (SSSR count). The third-order valence-electron chi connectivity index (χ3n) is 2.34. The van der Waals surface area contributed by atoms with Crippen LogP contribution in [0.5, 0.6) is 5.75 Å². The van der Waals surface area contributed by atoms with Crippen molar-refractivity contribution < 1.29 is 13.9 Å². The first-order valence-corrected chi connectivity index (χ1v) is 7.40. The molecule has 1 N–H and O–H groups in total. The summed E-state index contributed by atoms with van der Waals surface area (Å²) in [7, 11) is 0. The second-order valence-electron chi connectivity index (χ2n) is 3.73. The van der Waals surface area contributed by atoms with E-state index in [-0.39, 0.29) is 0 Å². The Morgan fingerprint density at radius 2 is 2.30 bits per heavy atom. The molecule has 6 nitrogen and oxygen atoms in total. The largest absolute Gasteiger partial charge is 0.502 e. The van der Waals surface area contributed by atoms with E-state index in [1.807, 2.05) is 17.5 Å². The lowest BCUT2D eigenvalue weighted by molar-refractivity contribution is 0.418. The SMILES string of the molecule is O=c1cc(CSc2nnc(-c3cccs3)o2)occ1O. The fourth-order valence-electron chi connectivity index (χ4n) is 1.42. The highest BCUT2D eigenvalue weighted by Gasteiger charge is 2.11. The van der Waals surface area contributed by atoms with E-state index < -0.39 is 11.2 Å². The minimum atomic E-state index is -0.475. The molecule has 0 radical (unpaired) electrons. The molecular formula is C12H8N2O4S2. The second-order valence-corrected chi connectivity index (χ2v) is 5.61. The summed E-state index contributed by atoms with van der Waals surface area (Å²) in [6.07, 6.45) is 1.02. The Morgan fingerprint density at radius 1 is 1.40 bits per heavy atom. The van der Waals surface area contributed by atoms with Gasteiger partial charge < -0.3 is 13.9 Å². The Morgan fingerprint density at radius 3 is 3.05 bits per heavy atom. The Hall–Kier alpha value is -2.06. The lowest BCUT2D eigenvalue weighted by Crippen LogP contribution is -1.98. The summed E-state index contributed by atoms with van der Waals surface area (Å²) in [6, 6.07) is 5.03. The molecular weight excluding hydrogens is 300 g/mol. The molecule has 3 aromatic rings. The Bertz CT molecular complexity index is 764. The van der Waals surface area contributed by atoms with E-state index in [9.17, 15) is 4.79 Å². The van der Waals surface area contributed by atoms with E-state index in [1.165, 1.54) is 29.2 Å². The molecule has 0 aliphatic rings. The van der Waals surface area contributed by atoms with E-state index in [1.54, 1.807) is 0 Å². The van der Waals surface area contributed by atoms with Crippen LogP contribution in [0, 0.1) is 0 Å². The second kappa shape index (κ2) is 5.51. The van der Waals surface area contributed by atoms with Crippen LogP contribution in [0.25, 0.3) is 10.8 Å². The zero-order chi connectivity index (χ0) is 13.9. The van der Waals surface area contributed by atoms with Crippen molar-refractivity contribution >= 4 is 23.1 Å². The quantitative estimate of drug-likeness (QED) is 0.741. The standard InChI is InChI=1S/C12H8N2O4S2/c15-8-4-7(17-5-9(8)16)6-20-12-14-13-11(18-12)10-2-1-3-19-10/h1-5,16H,6H2. The van der Waals surface area contributed by atoms with Crippen LogP contribution in [0.2, 0.25) is 0 Å². The zero-order valence-electron chi connectivity index (χ0n) is 9.98. The highest BCUT2D eigenvalue weighted by molar-refractivity contribution is 7.98. The minimum Gasteiger partial charge on any atom is -0.502 e. The van der Waals surface area contributed by atoms with Crippen molar-refractivity contribution in [1.29, 1.82) is 0 Å². The van der Waals surface area contributed by atoms with Gasteiger partial charge in [0, 0.05) is 6.07 Å². The van der Waals surface area contributed by atoms with Crippen molar-refractivity contribution in [2.24, 2.45) is 0 Å². The van der Waals surface area contributed by atoms with E-state index in [0.29, 0.717) is 22.6 Å². The summed E-state index contributed by atoms with van der Waals surface area (Å²) >= 11 is 2.77. The van der Waals surface area contributed by atoms with Crippen molar-refractivity contribution in [3.63, 3.8) is 0 Å². The topological polar surface area (TPSA) is 89.4 Å². The lowest BCUT2D eigenvalue weighted by atomic mass is 10.4. The molecule has 0 unspecified atom stereocenters. The number of rotatable bonds is 4. The van der Waals surface area contributed by atoms with Crippen LogP contribution in [0.1, 0.15) is 5.76 Å². The molecule has 0 aliphatic heterocycles. The average molecular weight is 308 g/mol. The molecule has 0 spiro atoms. The van der Waals surface area contributed by atoms with Gasteiger partial charge in [-0.1, -0.05) is 17.8 Å². The van der Waals surface area contributed by atoms with Gasteiger partial charge in [0.05, 0.1) is 10.6 Å². The van der Waals surface area contributed by atoms with Crippen LogP contribution in [-0.2, 0) is 5.75 Å². The first-order valence-electron chi connectivity index (χ1n) is 5.53. The number of nitrogens with zero attached hydrogens (tertiary/aromatic N) is 2. The smallest absolute Gasteiger partial charge is 0.277 e. The third-order valence-corrected chi connectivity index (χ3v) is 4.04. The maximum absolute atomic E-state index is 11.2. The summed E-state index contributed by atoms with van der Waals surface area (Å²) in [5.74, 6) is 0.849. The molecule has 8 heteroatoms. The summed E-state index contributed by atoms with van der Waals surface area (Å²) in [4.78, 5) is 12.1. The normalized spacial score (nSPS) is 10.8. The van der Waals surface area contributed by atoms with Gasteiger partial charge in [0.2, 0.25) is 5.43 Å². The van der Waals surface area contributed by atoms with Gasteiger partial charge in [-0.25, -0.2) is 0 Å². The third kappa shape index (κ3) is 2.75. The van der Waals surface area contributed by atoms with Crippen LogP contribution in [0.15, 0.2) is 48.7 Å². The number of aromatic nitrogens is 2. The molecule has 0 saturated carbocycles. The predicted octanol–water partition coefficient (Wildman–Crippen LogP) is 2.75. The summed E-state index contributed by atoms with van der Waals surface area (Å²) < 4.78 is 10.6. The van der Waals surface area contributed by atoms with Crippen molar-refractivity contribution in [1.82, 2.24) is 10.2 Å². The van der Waals surface area contributed by atoms with Gasteiger partial charge >= 0.3 is 0 Å². The number of hydrogen-bond donors (Lipinski definition) is 1. The number of hydrogen-bond acceptors (Lipinski definition) is 8. The molecule has 0 aromatic carbocycles. The molecule has 3 heterocycles. The van der Waals surface area contributed by atoms with E-state index in [0.717, 1.165) is 11.1 Å². The summed E-state index contributed by atoms with van der Waals surface area (Å²) in [5, 5.41) is 19.3. The molecule has 0 fully saturated rings. The fraction of sp³-hybridized carbons (Fsp3) is 0.0833. The Kier molecular flexibility index (Phi) is 3.57. The molecule has 3 aromatic heterocycles. The van der Waals surface area contributed by atoms with Gasteiger partial charge in [-0.2, -0.15) is 0 Å². The molecule has 0 aliphatic carbocycles. The Labute approximate surface area is 121 Å². The summed E-state index contributed by atoms with van der Waals surface area (Å²) in [5.41, 5.74) is -0.475. The Balaban J connectivity index is 1.69. The van der Waals surface area contributed by atoms with Gasteiger partial charge in [-0.3, -0.25) is 4.79 Å². The van der Waals surface area contributed by atoms with Crippen molar-refractivity contribution in [2.75, 3.05) is 0 Å². The van der Waals surface area contributed by atoms with Crippen LogP contribution in [0.4, 0.5) is 0 Å². The first kappa shape index (κ1) is 12.9. The van der Waals surface area contributed by atoms with Crippen molar-refractivity contribution in [2.45, 2.75) is 11.0 Å². The van der Waals surface area contributed by atoms with Crippen LogP contribution < -0.4 is 5.43 Å². The lowest BCUT2D eigenvalue weighted by Gasteiger charge is -1.97. The van der Waals surface area contributed by atoms with E-state index in [4.69, 9.17) is 13.9 Å². The van der Waals surface area contributed by atoms with Gasteiger partial charge in [0.25, 0.3) is 11.1 Å². The number of aromatic hydroxyl groups is 1. The highest BCUT2D eigenvalue weighted by atomic mass is 32.2. The predicted molar refractivity (Wildman–Crippen MR) is 73.8 cm³/mol. The van der Waals surface area contributed by atoms with Crippen LogP contribution in [-0.4, -0.2) is 15.3 Å². The monoisotopic (exact) mass is 308 g/mol. The zero-order valence-corrected chi connectivity index (χ0v) is 11.6. The maximum atomic E-state index is 11.2.